The van der Waals surface area contributed by atoms with E-state index in [9.17, 15) is 8.42 Å². The molecule has 0 amide bonds. The number of aromatic nitrogens is 1. The third kappa shape index (κ3) is 3.25. The van der Waals surface area contributed by atoms with E-state index in [1.165, 1.54) is 0 Å². The van der Waals surface area contributed by atoms with Crippen LogP contribution in [0.2, 0.25) is 0 Å². The lowest BCUT2D eigenvalue weighted by molar-refractivity contribution is 0.579. The summed E-state index contributed by atoms with van der Waals surface area (Å²) in [6, 6.07) is 3.16. The van der Waals surface area contributed by atoms with Crippen molar-refractivity contribution in [3.63, 3.8) is 0 Å². The predicted octanol–water partition coefficient (Wildman–Crippen LogP) is 1.84. The third-order valence-corrected chi connectivity index (χ3v) is 3.87. The molecular weight excluding hydrogens is 280 g/mol. The van der Waals surface area contributed by atoms with Crippen molar-refractivity contribution in [3.05, 3.63) is 22.4 Å². The van der Waals surface area contributed by atoms with Crippen LogP contribution in [0.15, 0.2) is 21.6 Å². The molecule has 1 aromatic heterocycles. The number of halogens is 1. The number of nitrogens with zero attached hydrogens (tertiary/aromatic N) is 1. The van der Waals surface area contributed by atoms with Crippen molar-refractivity contribution < 1.29 is 8.42 Å². The Labute approximate surface area is 98.3 Å². The van der Waals surface area contributed by atoms with Crippen LogP contribution in [0.1, 0.15) is 19.0 Å². The summed E-state index contributed by atoms with van der Waals surface area (Å²) >= 11 is 3.19. The Morgan fingerprint density at radius 3 is 2.67 bits per heavy atom. The van der Waals surface area contributed by atoms with E-state index < -0.39 is 10.0 Å². The summed E-state index contributed by atoms with van der Waals surface area (Å²) < 4.78 is 26.6. The lowest BCUT2D eigenvalue weighted by Gasteiger charge is -2.07. The average Bonchev–Trinajstić information content (AvgIpc) is 2.14. The summed E-state index contributed by atoms with van der Waals surface area (Å²) in [5.74, 6) is 0. The molecule has 0 bridgehead atoms. The molecule has 0 saturated heterocycles. The summed E-state index contributed by atoms with van der Waals surface area (Å²) in [4.78, 5) is 4.28. The standard InChI is InChI=1S/C9H13BrN2O2S/c1-3-6-11-15(13,14)8-4-5-9(10)12-7(8)2/h4-5,11H,3,6H2,1-2H3. The molecule has 0 aliphatic heterocycles. The van der Waals surface area contributed by atoms with Gasteiger partial charge in [-0.15, -0.1) is 0 Å². The smallest absolute Gasteiger partial charge is 0.242 e. The van der Waals surface area contributed by atoms with Gasteiger partial charge in [0.05, 0.1) is 5.69 Å². The summed E-state index contributed by atoms with van der Waals surface area (Å²) in [5, 5.41) is 0. The Bertz CT molecular complexity index is 445. The minimum Gasteiger partial charge on any atom is -0.245 e. The summed E-state index contributed by atoms with van der Waals surface area (Å²) in [6.45, 7) is 4.03. The molecule has 15 heavy (non-hydrogen) atoms. The van der Waals surface area contributed by atoms with Crippen molar-refractivity contribution in [2.45, 2.75) is 25.2 Å². The second-order valence-corrected chi connectivity index (χ2v) is 5.66. The molecule has 84 valence electrons. The number of aryl methyl sites for hydroxylation is 1. The molecule has 0 spiro atoms. The molecule has 1 N–H and O–H groups in total. The monoisotopic (exact) mass is 292 g/mol. The maximum atomic E-state index is 11.8. The van der Waals surface area contributed by atoms with E-state index in [0.717, 1.165) is 6.42 Å². The molecule has 0 radical (unpaired) electrons. The zero-order valence-electron chi connectivity index (χ0n) is 8.62. The Kier molecular flexibility index (Phi) is 4.24. The second-order valence-electron chi connectivity index (χ2n) is 3.12. The Balaban J connectivity index is 3.05. The number of hydrogen-bond donors (Lipinski definition) is 1. The van der Waals surface area contributed by atoms with Crippen LogP contribution in [0.25, 0.3) is 0 Å². The van der Waals surface area contributed by atoms with Crippen LogP contribution >= 0.6 is 15.9 Å². The summed E-state index contributed by atoms with van der Waals surface area (Å²) in [5.41, 5.74) is 0.493. The van der Waals surface area contributed by atoms with E-state index in [1.807, 2.05) is 6.92 Å². The molecule has 0 aliphatic carbocycles. The number of nitrogens with one attached hydrogen (secondary N) is 1. The fraction of sp³-hybridized carbons (Fsp3) is 0.444. The van der Waals surface area contributed by atoms with Crippen LogP contribution in [0.4, 0.5) is 0 Å². The van der Waals surface area contributed by atoms with Gasteiger partial charge in [-0.1, -0.05) is 6.92 Å². The van der Waals surface area contributed by atoms with Crippen LogP contribution in [0.5, 0.6) is 0 Å². The topological polar surface area (TPSA) is 59.1 Å². The molecule has 1 rings (SSSR count). The van der Waals surface area contributed by atoms with Crippen LogP contribution in [0, 0.1) is 6.92 Å². The van der Waals surface area contributed by atoms with Crippen LogP contribution < -0.4 is 4.72 Å². The van der Waals surface area contributed by atoms with Gasteiger partial charge in [-0.3, -0.25) is 0 Å². The van der Waals surface area contributed by atoms with Gasteiger partial charge in [-0.2, -0.15) is 0 Å². The first-order chi connectivity index (χ1) is 6.97. The lowest BCUT2D eigenvalue weighted by atomic mass is 10.4. The van der Waals surface area contributed by atoms with Crippen LogP contribution in [0.3, 0.4) is 0 Å². The molecule has 0 aromatic carbocycles. The number of sulfonamides is 1. The third-order valence-electron chi connectivity index (χ3n) is 1.83. The molecule has 0 unspecified atom stereocenters. The molecule has 1 aromatic rings. The van der Waals surface area contributed by atoms with E-state index in [-0.39, 0.29) is 4.90 Å². The largest absolute Gasteiger partial charge is 0.245 e. The number of pyridine rings is 1. The first-order valence-electron chi connectivity index (χ1n) is 4.60. The van der Waals surface area contributed by atoms with Crippen molar-refractivity contribution in [2.24, 2.45) is 0 Å². The van der Waals surface area contributed by atoms with Crippen molar-refractivity contribution in [2.75, 3.05) is 6.54 Å². The van der Waals surface area contributed by atoms with Gasteiger partial charge in [-0.05, 0) is 41.4 Å². The van der Waals surface area contributed by atoms with Gasteiger partial charge >= 0.3 is 0 Å². The Morgan fingerprint density at radius 1 is 1.47 bits per heavy atom. The van der Waals surface area contributed by atoms with Gasteiger partial charge in [0.1, 0.15) is 9.50 Å². The van der Waals surface area contributed by atoms with Gasteiger partial charge in [0.15, 0.2) is 0 Å². The van der Waals surface area contributed by atoms with Crippen molar-refractivity contribution in [3.8, 4) is 0 Å². The van der Waals surface area contributed by atoms with Gasteiger partial charge in [0.2, 0.25) is 10.0 Å². The molecule has 0 saturated carbocycles. The van der Waals surface area contributed by atoms with Crippen molar-refractivity contribution in [1.82, 2.24) is 9.71 Å². The van der Waals surface area contributed by atoms with E-state index in [1.54, 1.807) is 19.1 Å². The van der Waals surface area contributed by atoms with Gasteiger partial charge in [-0.25, -0.2) is 18.1 Å². The Hall–Kier alpha value is -0.460. The highest BCUT2D eigenvalue weighted by Crippen LogP contribution is 2.16. The predicted molar refractivity (Wildman–Crippen MR) is 62.2 cm³/mol. The highest BCUT2D eigenvalue weighted by Gasteiger charge is 2.16. The first kappa shape index (κ1) is 12.6. The van der Waals surface area contributed by atoms with Crippen LogP contribution in [-0.2, 0) is 10.0 Å². The van der Waals surface area contributed by atoms with E-state index in [0.29, 0.717) is 16.8 Å². The van der Waals surface area contributed by atoms with E-state index in [2.05, 4.69) is 25.6 Å². The number of rotatable bonds is 4. The van der Waals surface area contributed by atoms with Crippen LogP contribution in [-0.4, -0.2) is 19.9 Å². The minimum absolute atomic E-state index is 0.235. The fourth-order valence-corrected chi connectivity index (χ4v) is 2.82. The molecule has 0 atom stereocenters. The SMILES string of the molecule is CCCNS(=O)(=O)c1ccc(Br)nc1C. The Morgan fingerprint density at radius 2 is 2.13 bits per heavy atom. The normalized spacial score (nSPS) is 11.7. The summed E-state index contributed by atoms with van der Waals surface area (Å²) in [7, 11) is -3.40. The van der Waals surface area contributed by atoms with Crippen molar-refractivity contribution >= 4 is 26.0 Å². The molecule has 0 fully saturated rings. The quantitative estimate of drug-likeness (QED) is 0.862. The second kappa shape index (κ2) is 5.05. The zero-order chi connectivity index (χ0) is 11.5. The van der Waals surface area contributed by atoms with Gasteiger partial charge < -0.3 is 0 Å². The first-order valence-corrected chi connectivity index (χ1v) is 6.88. The molecular formula is C9H13BrN2O2S. The zero-order valence-corrected chi connectivity index (χ0v) is 11.0. The molecule has 6 heteroatoms. The molecule has 1 heterocycles. The van der Waals surface area contributed by atoms with E-state index >= 15 is 0 Å². The van der Waals surface area contributed by atoms with E-state index in [4.69, 9.17) is 0 Å². The molecule has 4 nitrogen and oxygen atoms in total. The maximum Gasteiger partial charge on any atom is 0.242 e. The van der Waals surface area contributed by atoms with Gasteiger partial charge in [0.25, 0.3) is 0 Å². The van der Waals surface area contributed by atoms with Crippen molar-refractivity contribution in [1.29, 1.82) is 0 Å². The lowest BCUT2D eigenvalue weighted by Crippen LogP contribution is -2.25. The highest BCUT2D eigenvalue weighted by atomic mass is 79.9. The fourth-order valence-electron chi connectivity index (χ4n) is 1.12. The maximum absolute atomic E-state index is 11.8. The van der Waals surface area contributed by atoms with Gasteiger partial charge in [0, 0.05) is 6.54 Å². The minimum atomic E-state index is -3.40. The molecule has 0 aliphatic rings. The number of hydrogen-bond acceptors (Lipinski definition) is 3. The highest BCUT2D eigenvalue weighted by molar-refractivity contribution is 9.10. The average molecular weight is 293 g/mol. The summed E-state index contributed by atoms with van der Waals surface area (Å²) in [6.07, 6.45) is 0.766.